The first kappa shape index (κ1) is 9.26. The summed E-state index contributed by atoms with van der Waals surface area (Å²) >= 11 is 1.68. The Balaban J connectivity index is 3.05. The van der Waals surface area contributed by atoms with Crippen LogP contribution in [0.3, 0.4) is 0 Å². The minimum Gasteiger partial charge on any atom is -0.398 e. The van der Waals surface area contributed by atoms with Gasteiger partial charge in [-0.25, -0.2) is 0 Å². The van der Waals surface area contributed by atoms with Crippen LogP contribution in [0.5, 0.6) is 0 Å². The van der Waals surface area contributed by atoms with Crippen molar-refractivity contribution in [2.45, 2.75) is 4.90 Å². The molecule has 3 heteroatoms. The highest BCUT2D eigenvalue weighted by atomic mass is 32.2. The maximum Gasteiger partial charge on any atom is 0.0453 e. The van der Waals surface area contributed by atoms with Crippen LogP contribution < -0.4 is 10.6 Å². The molecular weight excluding hydrogens is 168 g/mol. The van der Waals surface area contributed by atoms with Crippen molar-refractivity contribution < 1.29 is 0 Å². The highest BCUT2D eigenvalue weighted by Crippen LogP contribution is 2.26. The van der Waals surface area contributed by atoms with Crippen LogP contribution in [0.1, 0.15) is 0 Å². The molecule has 1 rings (SSSR count). The zero-order chi connectivity index (χ0) is 9.14. The molecule has 0 spiro atoms. The van der Waals surface area contributed by atoms with Crippen LogP contribution in [0.25, 0.3) is 0 Å². The van der Waals surface area contributed by atoms with Crippen molar-refractivity contribution in [2.24, 2.45) is 0 Å². The second-order valence-corrected chi connectivity index (χ2v) is 3.67. The van der Waals surface area contributed by atoms with Crippen LogP contribution >= 0.6 is 11.8 Å². The summed E-state index contributed by atoms with van der Waals surface area (Å²) in [7, 11) is 4.05. The van der Waals surface area contributed by atoms with E-state index in [4.69, 9.17) is 5.73 Å². The molecule has 0 amide bonds. The maximum atomic E-state index is 5.76. The second kappa shape index (κ2) is 3.72. The Hall–Kier alpha value is -0.830. The molecule has 0 aliphatic heterocycles. The molecule has 0 bridgehead atoms. The van der Waals surface area contributed by atoms with Gasteiger partial charge in [0, 0.05) is 30.4 Å². The molecule has 66 valence electrons. The van der Waals surface area contributed by atoms with Gasteiger partial charge in [0.2, 0.25) is 0 Å². The highest BCUT2D eigenvalue weighted by Gasteiger charge is 2.00. The molecule has 12 heavy (non-hydrogen) atoms. The van der Waals surface area contributed by atoms with Gasteiger partial charge in [-0.15, -0.1) is 11.8 Å². The van der Waals surface area contributed by atoms with E-state index < -0.39 is 0 Å². The molecule has 0 unspecified atom stereocenters. The van der Waals surface area contributed by atoms with Gasteiger partial charge >= 0.3 is 0 Å². The van der Waals surface area contributed by atoms with Crippen molar-refractivity contribution in [3.8, 4) is 0 Å². The lowest BCUT2D eigenvalue weighted by Crippen LogP contribution is -2.08. The number of hydrogen-bond acceptors (Lipinski definition) is 3. The summed E-state index contributed by atoms with van der Waals surface area (Å²) < 4.78 is 0. The number of hydrogen-bond donors (Lipinski definition) is 1. The molecule has 0 aliphatic carbocycles. The second-order valence-electron chi connectivity index (χ2n) is 2.82. The van der Waals surface area contributed by atoms with Crippen molar-refractivity contribution in [3.63, 3.8) is 0 Å². The number of rotatable bonds is 2. The van der Waals surface area contributed by atoms with Crippen LogP contribution in [0.15, 0.2) is 23.1 Å². The Morgan fingerprint density at radius 1 is 1.33 bits per heavy atom. The SMILES string of the molecule is CSc1cc(N(C)C)ccc1N. The molecule has 2 N–H and O–H groups in total. The summed E-state index contributed by atoms with van der Waals surface area (Å²) in [5, 5.41) is 0. The topological polar surface area (TPSA) is 29.3 Å². The third-order valence-electron chi connectivity index (χ3n) is 1.73. The summed E-state index contributed by atoms with van der Waals surface area (Å²) in [4.78, 5) is 3.21. The fourth-order valence-electron chi connectivity index (χ4n) is 0.978. The van der Waals surface area contributed by atoms with Crippen molar-refractivity contribution in [2.75, 3.05) is 31.0 Å². The standard InChI is InChI=1S/C9H14N2S/c1-11(2)7-4-5-8(10)9(6-7)12-3/h4-6H,10H2,1-3H3. The molecule has 2 nitrogen and oxygen atoms in total. The normalized spacial score (nSPS) is 9.92. The minimum atomic E-state index is 0.855. The Bertz CT molecular complexity index is 271. The van der Waals surface area contributed by atoms with E-state index in [0.29, 0.717) is 0 Å². The zero-order valence-electron chi connectivity index (χ0n) is 7.66. The molecule has 0 aromatic heterocycles. The average Bonchev–Trinajstić information content (AvgIpc) is 2.05. The molecule has 0 radical (unpaired) electrons. The lowest BCUT2D eigenvalue weighted by molar-refractivity contribution is 1.12. The van der Waals surface area contributed by atoms with Crippen molar-refractivity contribution in [3.05, 3.63) is 18.2 Å². The molecule has 0 saturated carbocycles. The van der Waals surface area contributed by atoms with Gasteiger partial charge in [-0.05, 0) is 24.5 Å². The molecule has 1 aromatic rings. The quantitative estimate of drug-likeness (QED) is 0.560. The minimum absolute atomic E-state index is 0.855. The van der Waals surface area contributed by atoms with E-state index in [1.807, 2.05) is 32.5 Å². The van der Waals surface area contributed by atoms with Gasteiger partial charge in [-0.2, -0.15) is 0 Å². The number of nitrogens with zero attached hydrogens (tertiary/aromatic N) is 1. The fraction of sp³-hybridized carbons (Fsp3) is 0.333. The first-order valence-corrected chi connectivity index (χ1v) is 4.98. The Morgan fingerprint density at radius 2 is 2.00 bits per heavy atom. The van der Waals surface area contributed by atoms with Gasteiger partial charge in [-0.3, -0.25) is 0 Å². The summed E-state index contributed by atoms with van der Waals surface area (Å²) in [6, 6.07) is 6.07. The first-order chi connectivity index (χ1) is 5.65. The molecule has 0 heterocycles. The summed E-state index contributed by atoms with van der Waals surface area (Å²) in [5.74, 6) is 0. The number of thioether (sulfide) groups is 1. The molecular formula is C9H14N2S. The number of nitrogens with two attached hydrogens (primary N) is 1. The van der Waals surface area contributed by atoms with E-state index in [1.54, 1.807) is 11.8 Å². The Labute approximate surface area is 77.7 Å². The van der Waals surface area contributed by atoms with E-state index in [0.717, 1.165) is 10.6 Å². The van der Waals surface area contributed by atoms with Crippen molar-refractivity contribution in [1.82, 2.24) is 0 Å². The van der Waals surface area contributed by atoms with Gasteiger partial charge in [0.25, 0.3) is 0 Å². The summed E-state index contributed by atoms with van der Waals surface area (Å²) in [5.41, 5.74) is 7.80. The molecule has 1 aromatic carbocycles. The average molecular weight is 182 g/mol. The number of anilines is 2. The van der Waals surface area contributed by atoms with E-state index in [2.05, 4.69) is 11.0 Å². The van der Waals surface area contributed by atoms with Gasteiger partial charge in [0.1, 0.15) is 0 Å². The lowest BCUT2D eigenvalue weighted by atomic mass is 10.3. The van der Waals surface area contributed by atoms with Crippen LogP contribution in [0.2, 0.25) is 0 Å². The summed E-state index contributed by atoms with van der Waals surface area (Å²) in [6.45, 7) is 0. The van der Waals surface area contributed by atoms with E-state index >= 15 is 0 Å². The third-order valence-corrected chi connectivity index (χ3v) is 2.53. The Kier molecular flexibility index (Phi) is 2.87. The number of benzene rings is 1. The maximum absolute atomic E-state index is 5.76. The van der Waals surface area contributed by atoms with Gasteiger partial charge in [-0.1, -0.05) is 0 Å². The molecule has 0 atom stereocenters. The molecule has 0 fully saturated rings. The lowest BCUT2D eigenvalue weighted by Gasteiger charge is -2.14. The van der Waals surface area contributed by atoms with Gasteiger partial charge in [0.15, 0.2) is 0 Å². The summed E-state index contributed by atoms with van der Waals surface area (Å²) in [6.07, 6.45) is 2.03. The molecule has 0 aliphatic rings. The predicted octanol–water partition coefficient (Wildman–Crippen LogP) is 2.06. The van der Waals surface area contributed by atoms with Crippen LogP contribution in [0.4, 0.5) is 11.4 Å². The monoisotopic (exact) mass is 182 g/mol. The van der Waals surface area contributed by atoms with E-state index in [1.165, 1.54) is 5.69 Å². The molecule has 0 saturated heterocycles. The van der Waals surface area contributed by atoms with Crippen LogP contribution in [-0.4, -0.2) is 20.4 Å². The van der Waals surface area contributed by atoms with Gasteiger partial charge < -0.3 is 10.6 Å². The van der Waals surface area contributed by atoms with E-state index in [9.17, 15) is 0 Å². The Morgan fingerprint density at radius 3 is 2.50 bits per heavy atom. The van der Waals surface area contributed by atoms with Crippen molar-refractivity contribution in [1.29, 1.82) is 0 Å². The van der Waals surface area contributed by atoms with Crippen LogP contribution in [0, 0.1) is 0 Å². The van der Waals surface area contributed by atoms with Gasteiger partial charge in [0.05, 0.1) is 0 Å². The zero-order valence-corrected chi connectivity index (χ0v) is 8.48. The predicted molar refractivity (Wildman–Crippen MR) is 57.0 cm³/mol. The fourth-order valence-corrected chi connectivity index (χ4v) is 1.52. The van der Waals surface area contributed by atoms with Crippen LogP contribution in [-0.2, 0) is 0 Å². The van der Waals surface area contributed by atoms with Crippen molar-refractivity contribution >= 4 is 23.1 Å². The number of nitrogen functional groups attached to an aromatic ring is 1. The first-order valence-electron chi connectivity index (χ1n) is 3.76. The smallest absolute Gasteiger partial charge is 0.0453 e. The van der Waals surface area contributed by atoms with E-state index in [-0.39, 0.29) is 0 Å². The third kappa shape index (κ3) is 1.85. The highest BCUT2D eigenvalue weighted by molar-refractivity contribution is 7.98. The largest absolute Gasteiger partial charge is 0.398 e.